The first-order chi connectivity index (χ1) is 10.5. The summed E-state index contributed by atoms with van der Waals surface area (Å²) in [5.41, 5.74) is 11.9. The summed E-state index contributed by atoms with van der Waals surface area (Å²) in [6.45, 7) is 8.88. The fourth-order valence-corrected chi connectivity index (χ4v) is 2.77. The van der Waals surface area contributed by atoms with Crippen molar-refractivity contribution in [3.63, 3.8) is 0 Å². The number of aromatic nitrogens is 2. The van der Waals surface area contributed by atoms with Crippen molar-refractivity contribution in [2.45, 2.75) is 39.5 Å². The van der Waals surface area contributed by atoms with E-state index in [0.29, 0.717) is 17.8 Å². The average Bonchev–Trinajstić information content (AvgIpc) is 2.82. The van der Waals surface area contributed by atoms with Gasteiger partial charge >= 0.3 is 0 Å². The van der Waals surface area contributed by atoms with Crippen LogP contribution in [0.4, 0.5) is 5.95 Å². The number of fused-ring (bicyclic) bond motifs is 1. The molecule has 2 N–H and O–H groups in total. The molecule has 3 aromatic rings. The molecule has 22 heavy (non-hydrogen) atoms. The molecular formula is C19H23N3. The number of hydrogen-bond donors (Lipinski definition) is 1. The molecule has 0 fully saturated rings. The zero-order chi connectivity index (χ0) is 15.9. The lowest BCUT2D eigenvalue weighted by Gasteiger charge is -2.16. The van der Waals surface area contributed by atoms with Crippen LogP contribution in [0.1, 0.15) is 50.7 Å². The third-order valence-corrected chi connectivity index (χ3v) is 4.14. The molecule has 0 bridgehead atoms. The summed E-state index contributed by atoms with van der Waals surface area (Å²) < 4.78 is 2.05. The fraction of sp³-hybridized carbons (Fsp3) is 0.316. The van der Waals surface area contributed by atoms with Gasteiger partial charge in [0.05, 0.1) is 11.0 Å². The van der Waals surface area contributed by atoms with Crippen LogP contribution in [-0.2, 0) is 0 Å². The molecule has 3 heteroatoms. The molecule has 0 spiro atoms. The van der Waals surface area contributed by atoms with E-state index in [1.165, 1.54) is 11.1 Å². The van der Waals surface area contributed by atoms with Crippen molar-refractivity contribution in [2.75, 3.05) is 5.73 Å². The highest BCUT2D eigenvalue weighted by molar-refractivity contribution is 5.80. The topological polar surface area (TPSA) is 43.8 Å². The zero-order valence-corrected chi connectivity index (χ0v) is 13.7. The number of nitrogen functional groups attached to an aromatic ring is 1. The second-order valence-corrected chi connectivity index (χ2v) is 6.46. The van der Waals surface area contributed by atoms with Gasteiger partial charge in [-0.15, -0.1) is 0 Å². The molecule has 1 heterocycles. The van der Waals surface area contributed by atoms with Crippen LogP contribution in [0.2, 0.25) is 0 Å². The summed E-state index contributed by atoms with van der Waals surface area (Å²) in [5.74, 6) is 1.50. The molecule has 3 nitrogen and oxygen atoms in total. The van der Waals surface area contributed by atoms with Crippen LogP contribution in [-0.4, -0.2) is 9.55 Å². The van der Waals surface area contributed by atoms with Crippen LogP contribution < -0.4 is 5.73 Å². The summed E-state index contributed by atoms with van der Waals surface area (Å²) in [6, 6.07) is 14.8. The van der Waals surface area contributed by atoms with Gasteiger partial charge in [0.2, 0.25) is 5.95 Å². The smallest absolute Gasteiger partial charge is 0.205 e. The lowest BCUT2D eigenvalue weighted by Crippen LogP contribution is -2.03. The summed E-state index contributed by atoms with van der Waals surface area (Å²) >= 11 is 0. The summed E-state index contributed by atoms with van der Waals surface area (Å²) in [7, 11) is 0. The van der Waals surface area contributed by atoms with Gasteiger partial charge in [-0.1, -0.05) is 45.9 Å². The third-order valence-electron chi connectivity index (χ3n) is 4.14. The second kappa shape index (κ2) is 5.48. The Bertz CT molecular complexity index is 786. The van der Waals surface area contributed by atoms with Crippen molar-refractivity contribution >= 4 is 17.0 Å². The molecule has 3 rings (SSSR count). The summed E-state index contributed by atoms with van der Waals surface area (Å²) in [6.07, 6.45) is 0. The molecule has 2 aromatic carbocycles. The van der Waals surface area contributed by atoms with Gasteiger partial charge in [0, 0.05) is 5.69 Å². The van der Waals surface area contributed by atoms with Crippen molar-refractivity contribution in [2.24, 2.45) is 0 Å². The Morgan fingerprint density at radius 1 is 0.909 bits per heavy atom. The molecular weight excluding hydrogens is 270 g/mol. The van der Waals surface area contributed by atoms with E-state index in [1.54, 1.807) is 0 Å². The Morgan fingerprint density at radius 3 is 2.09 bits per heavy atom. The van der Waals surface area contributed by atoms with E-state index >= 15 is 0 Å². The number of anilines is 1. The molecule has 0 saturated carbocycles. The van der Waals surface area contributed by atoms with E-state index in [0.717, 1.165) is 16.7 Å². The minimum absolute atomic E-state index is 0.480. The molecule has 0 aliphatic carbocycles. The normalized spacial score (nSPS) is 11.7. The van der Waals surface area contributed by atoms with Crippen molar-refractivity contribution in [3.05, 3.63) is 53.6 Å². The maximum absolute atomic E-state index is 6.19. The minimum Gasteiger partial charge on any atom is -0.369 e. The molecule has 0 aliphatic heterocycles. The first kappa shape index (κ1) is 14.6. The number of para-hydroxylation sites is 2. The van der Waals surface area contributed by atoms with Gasteiger partial charge in [-0.2, -0.15) is 0 Å². The molecule has 0 unspecified atom stereocenters. The molecule has 0 aliphatic rings. The maximum Gasteiger partial charge on any atom is 0.205 e. The van der Waals surface area contributed by atoms with Crippen LogP contribution in [0, 0.1) is 0 Å². The standard InChI is InChI=1S/C19H23N3/c1-12(2)14-9-15(13(3)4)11-16(10-14)22-18-8-6-5-7-17(18)21-19(22)20/h5-13H,1-4H3,(H2,20,21). The summed E-state index contributed by atoms with van der Waals surface area (Å²) in [5, 5.41) is 0. The quantitative estimate of drug-likeness (QED) is 0.750. The van der Waals surface area contributed by atoms with Gasteiger partial charge in [-0.25, -0.2) is 4.98 Å². The van der Waals surface area contributed by atoms with Gasteiger partial charge < -0.3 is 5.73 Å². The van der Waals surface area contributed by atoms with E-state index in [-0.39, 0.29) is 0 Å². The predicted molar refractivity (Wildman–Crippen MR) is 93.7 cm³/mol. The molecule has 0 amide bonds. The van der Waals surface area contributed by atoms with Crippen molar-refractivity contribution in [1.29, 1.82) is 0 Å². The Hall–Kier alpha value is -2.29. The summed E-state index contributed by atoms with van der Waals surface area (Å²) in [4.78, 5) is 4.48. The highest BCUT2D eigenvalue weighted by Gasteiger charge is 2.13. The Labute approximate surface area is 131 Å². The van der Waals surface area contributed by atoms with Crippen LogP contribution >= 0.6 is 0 Å². The predicted octanol–water partition coefficient (Wildman–Crippen LogP) is 4.85. The van der Waals surface area contributed by atoms with Crippen molar-refractivity contribution in [1.82, 2.24) is 9.55 Å². The number of imidazole rings is 1. The fourth-order valence-electron chi connectivity index (χ4n) is 2.77. The Morgan fingerprint density at radius 2 is 1.50 bits per heavy atom. The van der Waals surface area contributed by atoms with Crippen LogP contribution in [0.25, 0.3) is 16.7 Å². The van der Waals surface area contributed by atoms with Gasteiger partial charge in [0.25, 0.3) is 0 Å². The Kier molecular flexibility index (Phi) is 3.65. The Balaban J connectivity index is 2.28. The molecule has 0 radical (unpaired) electrons. The average molecular weight is 293 g/mol. The first-order valence-corrected chi connectivity index (χ1v) is 7.85. The number of hydrogen-bond acceptors (Lipinski definition) is 2. The molecule has 1 aromatic heterocycles. The largest absolute Gasteiger partial charge is 0.369 e. The number of benzene rings is 2. The van der Waals surface area contributed by atoms with E-state index in [2.05, 4.69) is 56.9 Å². The number of nitrogens with zero attached hydrogens (tertiary/aromatic N) is 2. The van der Waals surface area contributed by atoms with E-state index in [1.807, 2.05) is 22.8 Å². The van der Waals surface area contributed by atoms with Crippen LogP contribution in [0.5, 0.6) is 0 Å². The minimum atomic E-state index is 0.480. The van der Waals surface area contributed by atoms with Crippen molar-refractivity contribution < 1.29 is 0 Å². The zero-order valence-electron chi connectivity index (χ0n) is 13.7. The maximum atomic E-state index is 6.19. The molecule has 0 atom stereocenters. The number of rotatable bonds is 3. The highest BCUT2D eigenvalue weighted by atomic mass is 15.2. The van der Waals surface area contributed by atoms with Gasteiger partial charge in [0.1, 0.15) is 0 Å². The molecule has 114 valence electrons. The van der Waals surface area contributed by atoms with Crippen LogP contribution in [0.15, 0.2) is 42.5 Å². The highest BCUT2D eigenvalue weighted by Crippen LogP contribution is 2.29. The van der Waals surface area contributed by atoms with Gasteiger partial charge in [-0.05, 0) is 47.2 Å². The van der Waals surface area contributed by atoms with E-state index in [9.17, 15) is 0 Å². The van der Waals surface area contributed by atoms with Crippen LogP contribution in [0.3, 0.4) is 0 Å². The van der Waals surface area contributed by atoms with E-state index in [4.69, 9.17) is 5.73 Å². The third kappa shape index (κ3) is 2.47. The van der Waals surface area contributed by atoms with E-state index < -0.39 is 0 Å². The van der Waals surface area contributed by atoms with Gasteiger partial charge in [0.15, 0.2) is 0 Å². The monoisotopic (exact) mass is 293 g/mol. The lowest BCUT2D eigenvalue weighted by atomic mass is 9.95. The van der Waals surface area contributed by atoms with Gasteiger partial charge in [-0.3, -0.25) is 4.57 Å². The first-order valence-electron chi connectivity index (χ1n) is 7.85. The second-order valence-electron chi connectivity index (χ2n) is 6.46. The van der Waals surface area contributed by atoms with Crippen molar-refractivity contribution in [3.8, 4) is 5.69 Å². The number of nitrogens with two attached hydrogens (primary N) is 1. The SMILES string of the molecule is CC(C)c1cc(C(C)C)cc(-n2c(N)nc3ccccc32)c1. The molecule has 0 saturated heterocycles. The lowest BCUT2D eigenvalue weighted by molar-refractivity contribution is 0.829.